The minimum Gasteiger partial charge on any atom is -0.388 e. The molecular weight excluding hydrogens is 236 g/mol. The first kappa shape index (κ1) is 13.3. The number of halogens is 2. The summed E-state index contributed by atoms with van der Waals surface area (Å²) in [5, 5.41) is 13.0. The minimum atomic E-state index is -0.832. The van der Waals surface area contributed by atoms with Crippen LogP contribution in [0.4, 0.5) is 14.5 Å². The lowest BCUT2D eigenvalue weighted by atomic mass is 9.85. The lowest BCUT2D eigenvalue weighted by Crippen LogP contribution is -2.39. The van der Waals surface area contributed by atoms with Crippen LogP contribution >= 0.6 is 0 Å². The Morgan fingerprint density at radius 2 is 1.89 bits per heavy atom. The van der Waals surface area contributed by atoms with Gasteiger partial charge in [0.25, 0.3) is 0 Å². The normalized spacial score (nSPS) is 18.7. The van der Waals surface area contributed by atoms with Crippen molar-refractivity contribution in [3.63, 3.8) is 0 Å². The van der Waals surface area contributed by atoms with E-state index in [1.807, 2.05) is 0 Å². The Bertz CT molecular complexity index is 428. The van der Waals surface area contributed by atoms with Crippen LogP contribution in [0.15, 0.2) is 12.1 Å². The Morgan fingerprint density at radius 1 is 1.22 bits per heavy atom. The van der Waals surface area contributed by atoms with Crippen LogP contribution in [0.3, 0.4) is 0 Å². The van der Waals surface area contributed by atoms with Gasteiger partial charge >= 0.3 is 0 Å². The largest absolute Gasteiger partial charge is 0.388 e. The molecule has 0 radical (unpaired) electrons. The summed E-state index contributed by atoms with van der Waals surface area (Å²) in [6, 6.07) is 2.65. The van der Waals surface area contributed by atoms with Crippen molar-refractivity contribution in [2.75, 3.05) is 11.9 Å². The smallest absolute Gasteiger partial charge is 0.152 e. The van der Waals surface area contributed by atoms with Crippen molar-refractivity contribution in [3.8, 4) is 0 Å². The number of benzene rings is 1. The van der Waals surface area contributed by atoms with Crippen LogP contribution in [0.5, 0.6) is 0 Å². The molecule has 18 heavy (non-hydrogen) atoms. The fourth-order valence-electron chi connectivity index (χ4n) is 2.46. The monoisotopic (exact) mass is 255 g/mol. The van der Waals surface area contributed by atoms with Crippen LogP contribution in [0.2, 0.25) is 0 Å². The van der Waals surface area contributed by atoms with Gasteiger partial charge in [0, 0.05) is 6.54 Å². The first-order valence-electron chi connectivity index (χ1n) is 6.43. The molecule has 0 heterocycles. The highest BCUT2D eigenvalue weighted by Crippen LogP contribution is 2.29. The number of nitrogens with one attached hydrogen (secondary N) is 1. The lowest BCUT2D eigenvalue weighted by molar-refractivity contribution is 0.0166. The second-order valence-electron chi connectivity index (χ2n) is 5.19. The molecule has 0 bridgehead atoms. The molecule has 1 aromatic rings. The molecule has 0 saturated heterocycles. The Labute approximate surface area is 106 Å². The molecule has 1 fully saturated rings. The van der Waals surface area contributed by atoms with Gasteiger partial charge in [-0.25, -0.2) is 8.78 Å². The molecule has 0 unspecified atom stereocenters. The quantitative estimate of drug-likeness (QED) is 0.867. The number of anilines is 1. The van der Waals surface area contributed by atoms with E-state index in [-0.39, 0.29) is 12.2 Å². The van der Waals surface area contributed by atoms with E-state index in [2.05, 4.69) is 5.32 Å². The van der Waals surface area contributed by atoms with Crippen LogP contribution in [-0.2, 0) is 0 Å². The van der Waals surface area contributed by atoms with E-state index in [0.29, 0.717) is 18.4 Å². The third-order valence-electron chi connectivity index (χ3n) is 3.66. The van der Waals surface area contributed by atoms with Gasteiger partial charge in [0.15, 0.2) is 5.82 Å². The SMILES string of the molecule is Cc1ccc(F)c(NCC2(O)CCCCC2)c1F. The zero-order valence-electron chi connectivity index (χ0n) is 10.6. The van der Waals surface area contributed by atoms with E-state index in [0.717, 1.165) is 19.3 Å². The van der Waals surface area contributed by atoms with Crippen LogP contribution < -0.4 is 5.32 Å². The fraction of sp³-hybridized carbons (Fsp3) is 0.571. The van der Waals surface area contributed by atoms with E-state index in [1.165, 1.54) is 12.1 Å². The van der Waals surface area contributed by atoms with E-state index in [1.54, 1.807) is 6.92 Å². The second-order valence-corrected chi connectivity index (χ2v) is 5.19. The van der Waals surface area contributed by atoms with Crippen LogP contribution in [0.25, 0.3) is 0 Å². The Morgan fingerprint density at radius 3 is 2.56 bits per heavy atom. The van der Waals surface area contributed by atoms with Gasteiger partial charge in [0.05, 0.1) is 5.60 Å². The third-order valence-corrected chi connectivity index (χ3v) is 3.66. The number of hydrogen-bond donors (Lipinski definition) is 2. The van der Waals surface area contributed by atoms with Gasteiger partial charge in [-0.1, -0.05) is 25.3 Å². The maximum atomic E-state index is 13.8. The van der Waals surface area contributed by atoms with Gasteiger partial charge in [0.1, 0.15) is 11.5 Å². The maximum absolute atomic E-state index is 13.8. The van der Waals surface area contributed by atoms with Crippen molar-refractivity contribution < 1.29 is 13.9 Å². The number of aryl methyl sites for hydroxylation is 1. The fourth-order valence-corrected chi connectivity index (χ4v) is 2.46. The molecule has 2 nitrogen and oxygen atoms in total. The van der Waals surface area contributed by atoms with Crippen molar-refractivity contribution in [1.29, 1.82) is 0 Å². The molecule has 2 N–H and O–H groups in total. The van der Waals surface area contributed by atoms with Gasteiger partial charge in [-0.2, -0.15) is 0 Å². The molecule has 0 aromatic heterocycles. The zero-order chi connectivity index (χ0) is 13.2. The summed E-state index contributed by atoms with van der Waals surface area (Å²) in [7, 11) is 0. The summed E-state index contributed by atoms with van der Waals surface area (Å²) in [4.78, 5) is 0. The van der Waals surface area contributed by atoms with E-state index >= 15 is 0 Å². The number of rotatable bonds is 3. The first-order valence-corrected chi connectivity index (χ1v) is 6.43. The van der Waals surface area contributed by atoms with E-state index in [4.69, 9.17) is 0 Å². The Hall–Kier alpha value is -1.16. The molecule has 0 spiro atoms. The molecule has 1 aliphatic carbocycles. The van der Waals surface area contributed by atoms with Crippen molar-refractivity contribution in [2.45, 2.75) is 44.6 Å². The van der Waals surface area contributed by atoms with Crippen molar-refractivity contribution in [1.82, 2.24) is 0 Å². The van der Waals surface area contributed by atoms with Crippen LogP contribution in [0.1, 0.15) is 37.7 Å². The molecule has 0 aliphatic heterocycles. The topological polar surface area (TPSA) is 32.3 Å². The van der Waals surface area contributed by atoms with Gasteiger partial charge in [-0.3, -0.25) is 0 Å². The summed E-state index contributed by atoms with van der Waals surface area (Å²) in [5.74, 6) is -1.19. The standard InChI is InChI=1S/C14H19F2NO/c1-10-5-6-11(15)13(12(10)16)17-9-14(18)7-3-2-4-8-14/h5-6,17-18H,2-4,7-9H2,1H3. The average molecular weight is 255 g/mol. The summed E-state index contributed by atoms with van der Waals surface area (Å²) < 4.78 is 27.3. The Kier molecular flexibility index (Phi) is 3.85. The molecule has 100 valence electrons. The van der Waals surface area contributed by atoms with Crippen molar-refractivity contribution in [3.05, 3.63) is 29.3 Å². The number of aliphatic hydroxyl groups is 1. The molecule has 0 atom stereocenters. The molecule has 1 aromatic carbocycles. The van der Waals surface area contributed by atoms with E-state index < -0.39 is 17.2 Å². The Balaban J connectivity index is 2.08. The minimum absolute atomic E-state index is 0.131. The predicted octanol–water partition coefficient (Wildman–Crippen LogP) is 3.38. The first-order chi connectivity index (χ1) is 8.52. The summed E-state index contributed by atoms with van der Waals surface area (Å²) in [5.41, 5.74) is -0.565. The molecule has 4 heteroatoms. The highest BCUT2D eigenvalue weighted by molar-refractivity contribution is 5.49. The average Bonchev–Trinajstić information content (AvgIpc) is 2.35. The molecule has 0 amide bonds. The molecule has 1 saturated carbocycles. The maximum Gasteiger partial charge on any atom is 0.152 e. The van der Waals surface area contributed by atoms with Gasteiger partial charge in [-0.15, -0.1) is 0 Å². The lowest BCUT2D eigenvalue weighted by Gasteiger charge is -2.32. The highest BCUT2D eigenvalue weighted by atomic mass is 19.1. The van der Waals surface area contributed by atoms with Crippen LogP contribution in [-0.4, -0.2) is 17.3 Å². The molecule has 2 rings (SSSR count). The summed E-state index contributed by atoms with van der Waals surface area (Å²) >= 11 is 0. The van der Waals surface area contributed by atoms with Gasteiger partial charge in [-0.05, 0) is 31.4 Å². The van der Waals surface area contributed by atoms with Crippen LogP contribution in [0, 0.1) is 18.6 Å². The second kappa shape index (κ2) is 5.22. The zero-order valence-corrected chi connectivity index (χ0v) is 10.6. The predicted molar refractivity (Wildman–Crippen MR) is 67.6 cm³/mol. The molecule has 1 aliphatic rings. The highest BCUT2D eigenvalue weighted by Gasteiger charge is 2.29. The number of hydrogen-bond acceptors (Lipinski definition) is 2. The third kappa shape index (κ3) is 2.80. The molecular formula is C14H19F2NO. The van der Waals surface area contributed by atoms with Gasteiger partial charge in [0.2, 0.25) is 0 Å². The van der Waals surface area contributed by atoms with Crippen molar-refractivity contribution >= 4 is 5.69 Å². The van der Waals surface area contributed by atoms with E-state index in [9.17, 15) is 13.9 Å². The van der Waals surface area contributed by atoms with Gasteiger partial charge < -0.3 is 10.4 Å². The summed E-state index contributed by atoms with van der Waals surface area (Å²) in [6.45, 7) is 1.79. The summed E-state index contributed by atoms with van der Waals surface area (Å²) in [6.07, 6.45) is 4.44. The van der Waals surface area contributed by atoms with Crippen molar-refractivity contribution in [2.24, 2.45) is 0 Å².